The maximum Gasteiger partial charge on any atom is 0.255 e. The van der Waals surface area contributed by atoms with Crippen LogP contribution in [-0.2, 0) is 27.3 Å². The second-order valence-corrected chi connectivity index (χ2v) is 11.6. The number of carbonyl (C=O) groups excluding carboxylic acids is 3. The van der Waals surface area contributed by atoms with Crippen molar-refractivity contribution in [2.24, 2.45) is 17.6 Å². The van der Waals surface area contributed by atoms with E-state index in [1.54, 1.807) is 25.1 Å². The van der Waals surface area contributed by atoms with Crippen molar-refractivity contribution < 1.29 is 43.6 Å². The molecule has 4 atom stereocenters. The van der Waals surface area contributed by atoms with Gasteiger partial charge in [0.25, 0.3) is 5.91 Å². The second kappa shape index (κ2) is 11.2. The predicted molar refractivity (Wildman–Crippen MR) is 159 cm³/mol. The fourth-order valence-electron chi connectivity index (χ4n) is 6.74. The van der Waals surface area contributed by atoms with Crippen LogP contribution in [-0.4, -0.2) is 82.6 Å². The molecule has 3 aliphatic rings. The molecule has 0 aliphatic heterocycles. The van der Waals surface area contributed by atoms with Gasteiger partial charge in [-0.1, -0.05) is 7.43 Å². The van der Waals surface area contributed by atoms with Crippen LogP contribution in [0.1, 0.15) is 30.5 Å². The fraction of sp³-hybridized carbons (Fsp3) is 0.387. The molecule has 0 heterocycles. The Kier molecular flexibility index (Phi) is 8.26. The van der Waals surface area contributed by atoms with Gasteiger partial charge in [0.2, 0.25) is 5.78 Å². The zero-order chi connectivity index (χ0) is 31.7. The maximum absolute atomic E-state index is 14.1. The Hall–Kier alpha value is -4.49. The van der Waals surface area contributed by atoms with Gasteiger partial charge in [-0.2, -0.15) is 0 Å². The lowest BCUT2D eigenvalue weighted by atomic mass is 9.57. The van der Waals surface area contributed by atoms with Crippen LogP contribution in [0.5, 0.6) is 5.75 Å². The fourth-order valence-corrected chi connectivity index (χ4v) is 6.74. The maximum atomic E-state index is 14.1. The SMILES string of the molecule is C.CN(C)c1cc(NCc2cc(F)cc(F)c2)c(O)c2c1C[C@H]1C[C@H]3[C@H](N(C)C)C(=O)C(C(N)=O)=C(O)[C@@]3(O)C(=O)C1=C2O. The van der Waals surface area contributed by atoms with E-state index in [2.05, 4.69) is 5.32 Å². The summed E-state index contributed by atoms with van der Waals surface area (Å²) in [6.07, 6.45) is 0.0789. The largest absolute Gasteiger partial charge is 0.508 e. The smallest absolute Gasteiger partial charge is 0.255 e. The average molecular weight is 615 g/mol. The molecule has 0 unspecified atom stereocenters. The summed E-state index contributed by atoms with van der Waals surface area (Å²) in [4.78, 5) is 42.6. The Labute approximate surface area is 252 Å². The summed E-state index contributed by atoms with van der Waals surface area (Å²) in [5, 5.41) is 48.6. The van der Waals surface area contributed by atoms with Gasteiger partial charge in [-0.05, 0) is 62.2 Å². The van der Waals surface area contributed by atoms with Gasteiger partial charge < -0.3 is 36.4 Å². The molecule has 2 aromatic rings. The number of hydrogen-bond donors (Lipinski definition) is 6. The molecular formula is C31H36F2N4O7. The Morgan fingerprint density at radius 3 is 2.23 bits per heavy atom. The van der Waals surface area contributed by atoms with Gasteiger partial charge in [0.05, 0.1) is 17.3 Å². The number of nitrogens with one attached hydrogen (secondary N) is 1. The van der Waals surface area contributed by atoms with E-state index in [1.807, 2.05) is 0 Å². The molecule has 44 heavy (non-hydrogen) atoms. The van der Waals surface area contributed by atoms with Gasteiger partial charge in [0, 0.05) is 43.9 Å². The van der Waals surface area contributed by atoms with E-state index in [9.17, 15) is 43.6 Å². The zero-order valence-electron chi connectivity index (χ0n) is 23.9. The molecule has 13 heteroatoms. The monoisotopic (exact) mass is 614 g/mol. The van der Waals surface area contributed by atoms with Gasteiger partial charge in [-0.15, -0.1) is 0 Å². The molecule has 11 nitrogen and oxygen atoms in total. The summed E-state index contributed by atoms with van der Waals surface area (Å²) in [5.41, 5.74) is 2.72. The summed E-state index contributed by atoms with van der Waals surface area (Å²) in [6.45, 7) is -0.0945. The van der Waals surface area contributed by atoms with Gasteiger partial charge in [0.15, 0.2) is 11.4 Å². The standard InChI is InChI=1S/C30H32F2N4O7.CH4/c1-35(2)19-10-18(34-11-12-5-14(31)9-15(32)6-12)24(37)21-16(19)7-13-8-17-23(36(3)4)26(39)22(29(33)42)28(41)30(17,43)27(40)20(13)25(21)38;/h5-6,9-10,13,17,23,34,37-38,41,43H,7-8,11H2,1-4H3,(H2,33,42);1H4/t13-,17-,23-,30-;/m0./s1. The number of likely N-dealkylation sites (N-methyl/N-ethyl adjacent to an activating group) is 1. The molecule has 0 bridgehead atoms. The summed E-state index contributed by atoms with van der Waals surface area (Å²) in [6, 6.07) is 3.39. The van der Waals surface area contributed by atoms with Gasteiger partial charge in [-0.3, -0.25) is 19.3 Å². The number of hydrogen-bond acceptors (Lipinski definition) is 10. The van der Waals surface area contributed by atoms with E-state index in [-0.39, 0.29) is 49.2 Å². The Morgan fingerprint density at radius 1 is 1.07 bits per heavy atom. The number of aromatic hydroxyl groups is 1. The van der Waals surface area contributed by atoms with Gasteiger partial charge >= 0.3 is 0 Å². The van der Waals surface area contributed by atoms with Crippen LogP contribution in [0.3, 0.4) is 0 Å². The van der Waals surface area contributed by atoms with E-state index >= 15 is 0 Å². The number of anilines is 2. The minimum Gasteiger partial charge on any atom is -0.508 e. The summed E-state index contributed by atoms with van der Waals surface area (Å²) >= 11 is 0. The number of aliphatic hydroxyl groups is 3. The molecule has 7 N–H and O–H groups in total. The molecule has 0 saturated heterocycles. The number of benzene rings is 2. The zero-order valence-corrected chi connectivity index (χ0v) is 23.9. The van der Waals surface area contributed by atoms with Crippen LogP contribution >= 0.6 is 0 Å². The number of phenolic OH excluding ortho intramolecular Hbond substituents is 1. The highest BCUT2D eigenvalue weighted by atomic mass is 19.1. The van der Waals surface area contributed by atoms with Gasteiger partial charge in [-0.25, -0.2) is 8.78 Å². The summed E-state index contributed by atoms with van der Waals surface area (Å²) in [5.74, 6) is -8.99. The molecule has 236 valence electrons. The number of primary amides is 1. The number of amides is 1. The molecule has 1 amide bonds. The number of ketones is 2. The first-order valence-corrected chi connectivity index (χ1v) is 13.5. The van der Waals surface area contributed by atoms with Crippen molar-refractivity contribution in [1.29, 1.82) is 0 Å². The Bertz CT molecular complexity index is 1630. The summed E-state index contributed by atoms with van der Waals surface area (Å²) < 4.78 is 27.5. The number of aliphatic hydroxyl groups excluding tert-OH is 2. The van der Waals surface area contributed by atoms with Crippen molar-refractivity contribution in [1.82, 2.24) is 4.90 Å². The van der Waals surface area contributed by atoms with E-state index in [4.69, 9.17) is 5.73 Å². The lowest BCUT2D eigenvalue weighted by Crippen LogP contribution is -2.65. The predicted octanol–water partition coefficient (Wildman–Crippen LogP) is 2.56. The molecule has 1 saturated carbocycles. The van der Waals surface area contributed by atoms with E-state index < -0.39 is 75.4 Å². The number of phenols is 1. The second-order valence-electron chi connectivity index (χ2n) is 11.6. The van der Waals surface area contributed by atoms with E-state index in [0.29, 0.717) is 11.3 Å². The van der Waals surface area contributed by atoms with Crippen LogP contribution in [0.2, 0.25) is 0 Å². The summed E-state index contributed by atoms with van der Waals surface area (Å²) in [7, 11) is 6.52. The van der Waals surface area contributed by atoms with Crippen LogP contribution in [0.25, 0.3) is 5.76 Å². The normalized spacial score (nSPS) is 24.4. The molecule has 5 rings (SSSR count). The highest BCUT2D eigenvalue weighted by Crippen LogP contribution is 2.54. The van der Waals surface area contributed by atoms with Crippen LogP contribution in [0, 0.1) is 23.5 Å². The third-order valence-corrected chi connectivity index (χ3v) is 8.58. The number of nitrogens with zero attached hydrogens (tertiary/aromatic N) is 2. The first kappa shape index (κ1) is 32.4. The molecule has 1 fully saturated rings. The van der Waals surface area contributed by atoms with E-state index in [1.165, 1.54) is 19.0 Å². The van der Waals surface area contributed by atoms with Crippen LogP contribution in [0.4, 0.5) is 20.2 Å². The van der Waals surface area contributed by atoms with Crippen LogP contribution in [0.15, 0.2) is 41.2 Å². The highest BCUT2D eigenvalue weighted by Gasteiger charge is 2.64. The van der Waals surface area contributed by atoms with Gasteiger partial charge in [0.1, 0.15) is 34.5 Å². The van der Waals surface area contributed by atoms with E-state index in [0.717, 1.165) is 18.2 Å². The minimum absolute atomic E-state index is 0. The average Bonchev–Trinajstić information content (AvgIpc) is 2.89. The van der Waals surface area contributed by atoms with Crippen molar-refractivity contribution in [2.45, 2.75) is 38.5 Å². The topological polar surface area (TPSA) is 177 Å². The molecule has 0 radical (unpaired) electrons. The van der Waals surface area contributed by atoms with Crippen molar-refractivity contribution >= 4 is 34.6 Å². The van der Waals surface area contributed by atoms with Crippen molar-refractivity contribution in [2.75, 3.05) is 38.4 Å². The third-order valence-electron chi connectivity index (χ3n) is 8.58. The number of rotatable bonds is 6. The number of fused-ring (bicyclic) bond motifs is 3. The Balaban J connectivity index is 0.00000442. The van der Waals surface area contributed by atoms with Crippen LogP contribution < -0.4 is 16.0 Å². The molecular weight excluding hydrogens is 578 g/mol. The third kappa shape index (κ3) is 4.76. The number of Topliss-reactive ketones (excluding diaryl/α,β-unsaturated/α-hetero) is 2. The van der Waals surface area contributed by atoms with Crippen molar-refractivity contribution in [3.63, 3.8) is 0 Å². The number of carbonyl (C=O) groups is 3. The highest BCUT2D eigenvalue weighted by molar-refractivity contribution is 6.24. The van der Waals surface area contributed by atoms with Crippen molar-refractivity contribution in [3.05, 3.63) is 69.5 Å². The lowest BCUT2D eigenvalue weighted by molar-refractivity contribution is -0.153. The molecule has 3 aliphatic carbocycles. The first-order chi connectivity index (χ1) is 20.1. The van der Waals surface area contributed by atoms with Crippen molar-refractivity contribution in [3.8, 4) is 5.75 Å². The first-order valence-electron chi connectivity index (χ1n) is 13.5. The Morgan fingerprint density at radius 2 is 1.68 bits per heavy atom. The quantitative estimate of drug-likeness (QED) is 0.209. The molecule has 0 aromatic heterocycles. The lowest BCUT2D eigenvalue weighted by Gasteiger charge is -2.50. The minimum atomic E-state index is -2.75. The number of halogens is 2. The molecule has 0 spiro atoms. The molecule has 2 aromatic carbocycles. The number of nitrogens with two attached hydrogens (primary N) is 1.